The second-order valence-corrected chi connectivity index (χ2v) is 8.06. The van der Waals surface area contributed by atoms with Crippen LogP contribution in [0.4, 0.5) is 21.8 Å². The van der Waals surface area contributed by atoms with Crippen molar-refractivity contribution in [1.82, 2.24) is 25.6 Å². The molecular formula is C23H32FN7O. The molecule has 2 aromatic heterocycles. The van der Waals surface area contributed by atoms with Crippen LogP contribution in [0.5, 0.6) is 0 Å². The van der Waals surface area contributed by atoms with Crippen LogP contribution < -0.4 is 21.3 Å². The topological polar surface area (TPSA) is 104 Å². The molecule has 172 valence electrons. The number of nitrogens with zero attached hydrogens (tertiary/aromatic N) is 3. The van der Waals surface area contributed by atoms with E-state index in [0.717, 1.165) is 13.0 Å². The Kier molecular flexibility index (Phi) is 9.35. The first-order valence-corrected chi connectivity index (χ1v) is 10.7. The maximum Gasteiger partial charge on any atom is 0.236 e. The summed E-state index contributed by atoms with van der Waals surface area (Å²) >= 11 is 0. The number of aromatic nitrogens is 3. The molecule has 0 aliphatic rings. The van der Waals surface area contributed by atoms with Crippen molar-refractivity contribution >= 4 is 23.4 Å². The summed E-state index contributed by atoms with van der Waals surface area (Å²) in [6.07, 6.45) is 4.64. The van der Waals surface area contributed by atoms with Crippen molar-refractivity contribution in [2.24, 2.45) is 5.41 Å². The van der Waals surface area contributed by atoms with Crippen molar-refractivity contribution in [3.63, 3.8) is 0 Å². The second-order valence-electron chi connectivity index (χ2n) is 8.06. The number of carbonyl (C=O) groups is 1. The Hall–Kier alpha value is -3.25. The summed E-state index contributed by atoms with van der Waals surface area (Å²) in [5.74, 6) is 6.77. The highest BCUT2D eigenvalue weighted by Gasteiger charge is 2.16. The molecular weight excluding hydrogens is 409 g/mol. The highest BCUT2D eigenvalue weighted by molar-refractivity contribution is 5.81. The fraction of sp³-hybridized carbons (Fsp3) is 0.478. The molecule has 8 nitrogen and oxygen atoms in total. The predicted octanol–water partition coefficient (Wildman–Crippen LogP) is 3.07. The molecule has 0 aliphatic carbocycles. The lowest BCUT2D eigenvalue weighted by Crippen LogP contribution is -2.41. The molecule has 0 spiro atoms. The number of amides is 1. The van der Waals surface area contributed by atoms with E-state index in [4.69, 9.17) is 0 Å². The normalized spacial score (nSPS) is 11.8. The fourth-order valence-corrected chi connectivity index (χ4v) is 2.60. The molecule has 32 heavy (non-hydrogen) atoms. The van der Waals surface area contributed by atoms with E-state index in [1.807, 2.05) is 20.8 Å². The molecule has 0 fully saturated rings. The van der Waals surface area contributed by atoms with Gasteiger partial charge < -0.3 is 21.3 Å². The molecule has 0 radical (unpaired) electrons. The lowest BCUT2D eigenvalue weighted by molar-refractivity contribution is -0.122. The molecule has 1 atom stereocenters. The standard InChI is InChI=1S/C23H32FN7O/c1-6-11-27-20-17(7-9-23(3,4)10-13-28-21(32)16(2)25-5)15-29-22(31-20)30-18-8-12-26-19(24)14-18/h8,12,14-16,25H,6,10-11,13H2,1-5H3,(H,28,32)(H2,26,27,29,30,31)/t16-/m0/s1. The molecule has 2 rings (SSSR count). The van der Waals surface area contributed by atoms with E-state index in [0.29, 0.717) is 36.0 Å². The number of anilines is 3. The number of hydrogen-bond donors (Lipinski definition) is 4. The summed E-state index contributed by atoms with van der Waals surface area (Å²) in [5, 5.41) is 12.1. The van der Waals surface area contributed by atoms with Crippen molar-refractivity contribution in [2.45, 2.75) is 46.6 Å². The maximum absolute atomic E-state index is 13.3. The first kappa shape index (κ1) is 25.0. The van der Waals surface area contributed by atoms with E-state index in [1.165, 1.54) is 12.3 Å². The second kappa shape index (κ2) is 12.0. The third kappa shape index (κ3) is 8.12. The van der Waals surface area contributed by atoms with E-state index in [-0.39, 0.29) is 17.4 Å². The molecule has 0 aromatic carbocycles. The van der Waals surface area contributed by atoms with Crippen LogP contribution in [-0.2, 0) is 4.79 Å². The molecule has 0 saturated carbocycles. The number of carbonyl (C=O) groups excluding carboxylic acids is 1. The largest absolute Gasteiger partial charge is 0.369 e. The van der Waals surface area contributed by atoms with Crippen molar-refractivity contribution in [3.05, 3.63) is 36.0 Å². The number of likely N-dealkylation sites (N-methyl/N-ethyl adjacent to an activating group) is 1. The Morgan fingerprint density at radius 3 is 2.75 bits per heavy atom. The van der Waals surface area contributed by atoms with Gasteiger partial charge in [0, 0.05) is 36.5 Å². The van der Waals surface area contributed by atoms with Gasteiger partial charge >= 0.3 is 0 Å². The SMILES string of the molecule is CCCNc1nc(Nc2ccnc(F)c2)ncc1C#CC(C)(C)CCNC(=O)[C@H](C)NC. The minimum atomic E-state index is -0.583. The van der Waals surface area contributed by atoms with Crippen LogP contribution in [-0.4, -0.2) is 47.0 Å². The zero-order valence-electron chi connectivity index (χ0n) is 19.3. The van der Waals surface area contributed by atoms with Gasteiger partial charge in [-0.2, -0.15) is 9.37 Å². The third-order valence-corrected chi connectivity index (χ3v) is 4.72. The van der Waals surface area contributed by atoms with Gasteiger partial charge in [-0.05, 0) is 46.7 Å². The van der Waals surface area contributed by atoms with Crippen LogP contribution in [0.1, 0.15) is 46.1 Å². The minimum absolute atomic E-state index is 0.0344. The predicted molar refractivity (Wildman–Crippen MR) is 125 cm³/mol. The maximum atomic E-state index is 13.3. The van der Waals surface area contributed by atoms with E-state index in [9.17, 15) is 9.18 Å². The average molecular weight is 442 g/mol. The summed E-state index contributed by atoms with van der Waals surface area (Å²) < 4.78 is 13.3. The Bertz CT molecular complexity index is 968. The van der Waals surface area contributed by atoms with E-state index < -0.39 is 5.95 Å². The molecule has 0 unspecified atom stereocenters. The van der Waals surface area contributed by atoms with Gasteiger partial charge in [0.2, 0.25) is 17.8 Å². The van der Waals surface area contributed by atoms with Gasteiger partial charge in [0.15, 0.2) is 0 Å². The van der Waals surface area contributed by atoms with Gasteiger partial charge in [0.25, 0.3) is 0 Å². The summed E-state index contributed by atoms with van der Waals surface area (Å²) in [5.41, 5.74) is 0.864. The van der Waals surface area contributed by atoms with Crippen molar-refractivity contribution < 1.29 is 9.18 Å². The Morgan fingerprint density at radius 1 is 1.28 bits per heavy atom. The zero-order valence-corrected chi connectivity index (χ0v) is 19.3. The average Bonchev–Trinajstić information content (AvgIpc) is 2.76. The fourth-order valence-electron chi connectivity index (χ4n) is 2.60. The highest BCUT2D eigenvalue weighted by atomic mass is 19.1. The summed E-state index contributed by atoms with van der Waals surface area (Å²) in [6.45, 7) is 9.20. The Labute approximate surface area is 189 Å². The van der Waals surface area contributed by atoms with E-state index in [2.05, 4.69) is 55.0 Å². The first-order chi connectivity index (χ1) is 15.2. The van der Waals surface area contributed by atoms with Crippen molar-refractivity contribution in [3.8, 4) is 11.8 Å². The van der Waals surface area contributed by atoms with Gasteiger partial charge in [-0.25, -0.2) is 9.97 Å². The van der Waals surface area contributed by atoms with E-state index in [1.54, 1.807) is 19.3 Å². The number of nitrogens with one attached hydrogen (secondary N) is 4. The van der Waals surface area contributed by atoms with E-state index >= 15 is 0 Å². The summed E-state index contributed by atoms with van der Waals surface area (Å²) in [6, 6.07) is 2.68. The molecule has 2 heterocycles. The minimum Gasteiger partial charge on any atom is -0.369 e. The smallest absolute Gasteiger partial charge is 0.236 e. The molecule has 0 aliphatic heterocycles. The van der Waals surface area contributed by atoms with Gasteiger partial charge in [0.1, 0.15) is 5.82 Å². The molecule has 9 heteroatoms. The van der Waals surface area contributed by atoms with Crippen LogP contribution in [0, 0.1) is 23.2 Å². The molecule has 0 saturated heterocycles. The van der Waals surface area contributed by atoms with Gasteiger partial charge in [-0.15, -0.1) is 0 Å². The highest BCUT2D eigenvalue weighted by Crippen LogP contribution is 2.21. The third-order valence-electron chi connectivity index (χ3n) is 4.72. The lowest BCUT2D eigenvalue weighted by atomic mass is 9.90. The Balaban J connectivity index is 2.12. The zero-order chi connectivity index (χ0) is 23.6. The molecule has 2 aromatic rings. The number of rotatable bonds is 10. The number of halogens is 1. The van der Waals surface area contributed by atoms with Crippen LogP contribution in [0.2, 0.25) is 0 Å². The Morgan fingerprint density at radius 2 is 2.06 bits per heavy atom. The first-order valence-electron chi connectivity index (χ1n) is 10.7. The van der Waals surface area contributed by atoms with Crippen molar-refractivity contribution in [2.75, 3.05) is 30.8 Å². The molecule has 0 bridgehead atoms. The van der Waals surface area contributed by atoms with Gasteiger partial charge in [-0.1, -0.05) is 18.8 Å². The number of pyridine rings is 1. The van der Waals surface area contributed by atoms with Crippen LogP contribution in [0.25, 0.3) is 0 Å². The van der Waals surface area contributed by atoms with Crippen molar-refractivity contribution in [1.29, 1.82) is 0 Å². The van der Waals surface area contributed by atoms with Crippen LogP contribution in [0.15, 0.2) is 24.5 Å². The monoisotopic (exact) mass is 441 g/mol. The lowest BCUT2D eigenvalue weighted by Gasteiger charge is -2.19. The summed E-state index contributed by atoms with van der Waals surface area (Å²) in [7, 11) is 1.75. The quantitative estimate of drug-likeness (QED) is 0.332. The summed E-state index contributed by atoms with van der Waals surface area (Å²) in [4.78, 5) is 24.3. The van der Waals surface area contributed by atoms with Crippen LogP contribution in [0.3, 0.4) is 0 Å². The number of hydrogen-bond acceptors (Lipinski definition) is 7. The molecule has 1 amide bonds. The van der Waals surface area contributed by atoms with Crippen LogP contribution >= 0.6 is 0 Å². The van der Waals surface area contributed by atoms with Gasteiger partial charge in [-0.3, -0.25) is 4.79 Å². The van der Waals surface area contributed by atoms with Gasteiger partial charge in [0.05, 0.1) is 17.8 Å². The molecule has 4 N–H and O–H groups in total.